The second kappa shape index (κ2) is 7.99. The molecular formula is C24H27NO4. The first-order valence-electron chi connectivity index (χ1n) is 10.2. The van der Waals surface area contributed by atoms with Gasteiger partial charge in [-0.15, -0.1) is 0 Å². The number of rotatable bonds is 6. The van der Waals surface area contributed by atoms with E-state index in [1.807, 2.05) is 41.3 Å². The van der Waals surface area contributed by atoms with Gasteiger partial charge in [-0.05, 0) is 67.0 Å². The third-order valence-corrected chi connectivity index (χ3v) is 6.50. The fourth-order valence-corrected chi connectivity index (χ4v) is 4.68. The molecule has 5 heteroatoms. The Kier molecular flexibility index (Phi) is 5.41. The van der Waals surface area contributed by atoms with Crippen LogP contribution in [0.4, 0.5) is 0 Å². The van der Waals surface area contributed by atoms with Crippen molar-refractivity contribution in [2.75, 3.05) is 26.8 Å². The molecule has 1 aliphatic carbocycles. The Morgan fingerprint density at radius 1 is 1.14 bits per heavy atom. The van der Waals surface area contributed by atoms with Crippen LogP contribution < -0.4 is 4.74 Å². The van der Waals surface area contributed by atoms with E-state index in [0.717, 1.165) is 50.1 Å². The number of likely N-dealkylation sites (tertiary alicyclic amines) is 1. The number of fused-ring (bicyclic) bond motifs is 1. The molecule has 5 nitrogen and oxygen atoms in total. The quantitative estimate of drug-likeness (QED) is 0.767. The molecule has 0 saturated carbocycles. The number of ether oxygens (including phenoxy) is 1. The highest BCUT2D eigenvalue weighted by Gasteiger charge is 2.47. The van der Waals surface area contributed by atoms with E-state index in [0.29, 0.717) is 12.0 Å². The van der Waals surface area contributed by atoms with Crippen LogP contribution in [0.15, 0.2) is 42.5 Å². The number of aliphatic hydroxyl groups is 1. The van der Waals surface area contributed by atoms with Gasteiger partial charge in [0.2, 0.25) is 5.91 Å². The van der Waals surface area contributed by atoms with Crippen molar-refractivity contribution in [1.82, 2.24) is 4.90 Å². The van der Waals surface area contributed by atoms with E-state index in [1.54, 1.807) is 13.2 Å². The van der Waals surface area contributed by atoms with Crippen LogP contribution in [-0.4, -0.2) is 48.5 Å². The van der Waals surface area contributed by atoms with Gasteiger partial charge in [0.15, 0.2) is 5.78 Å². The predicted molar refractivity (Wildman–Crippen MR) is 110 cm³/mol. The molecule has 2 aliphatic rings. The van der Waals surface area contributed by atoms with Crippen LogP contribution in [0, 0.1) is 5.41 Å². The fourth-order valence-electron chi connectivity index (χ4n) is 4.68. The molecule has 1 spiro atoms. The molecule has 0 bridgehead atoms. The number of ketones is 1. The summed E-state index contributed by atoms with van der Waals surface area (Å²) in [7, 11) is 1.66. The molecule has 29 heavy (non-hydrogen) atoms. The first kappa shape index (κ1) is 19.6. The van der Waals surface area contributed by atoms with Crippen molar-refractivity contribution in [2.24, 2.45) is 5.41 Å². The summed E-state index contributed by atoms with van der Waals surface area (Å²) in [5.74, 6) is 0.812. The average molecular weight is 393 g/mol. The molecule has 1 unspecified atom stereocenters. The molecule has 1 heterocycles. The minimum absolute atomic E-state index is 0.246. The first-order chi connectivity index (χ1) is 14.0. The van der Waals surface area contributed by atoms with Gasteiger partial charge in [-0.25, -0.2) is 0 Å². The molecule has 1 saturated heterocycles. The number of aryl methyl sites for hydroxylation is 1. The number of Topliss-reactive ketones (excluding diaryl/α,β-unsaturated/α-hetero) is 1. The Hall–Kier alpha value is -2.66. The van der Waals surface area contributed by atoms with Crippen LogP contribution in [0.5, 0.6) is 5.75 Å². The van der Waals surface area contributed by atoms with Gasteiger partial charge in [0.1, 0.15) is 12.4 Å². The molecule has 1 fully saturated rings. The van der Waals surface area contributed by atoms with Crippen molar-refractivity contribution in [3.05, 3.63) is 64.7 Å². The SMILES string of the molecule is COc1ccc(CCN2CCC3(CCc4ccc(C(=O)CO)cc4C3)C2=O)cc1. The van der Waals surface area contributed by atoms with Gasteiger partial charge in [-0.3, -0.25) is 9.59 Å². The second-order valence-corrected chi connectivity index (χ2v) is 8.16. The fraction of sp³-hybridized carbons (Fsp3) is 0.417. The summed E-state index contributed by atoms with van der Waals surface area (Å²) < 4.78 is 5.20. The van der Waals surface area contributed by atoms with Crippen LogP contribution in [-0.2, 0) is 24.1 Å². The van der Waals surface area contributed by atoms with Crippen molar-refractivity contribution < 1.29 is 19.4 Å². The molecule has 1 amide bonds. The minimum Gasteiger partial charge on any atom is -0.497 e. The standard InChI is InChI=1S/C24H27NO4/c1-29-21-6-2-17(3-7-21)9-12-25-13-11-24(23(25)28)10-8-18-4-5-19(22(27)16-26)14-20(18)15-24/h2-7,14,26H,8-13,15-16H2,1H3. The van der Waals surface area contributed by atoms with Gasteiger partial charge in [-0.2, -0.15) is 0 Å². The van der Waals surface area contributed by atoms with E-state index in [1.165, 1.54) is 11.1 Å². The topological polar surface area (TPSA) is 66.8 Å². The van der Waals surface area contributed by atoms with Gasteiger partial charge < -0.3 is 14.7 Å². The molecule has 1 aliphatic heterocycles. The zero-order valence-corrected chi connectivity index (χ0v) is 16.8. The number of methoxy groups -OCH3 is 1. The lowest BCUT2D eigenvalue weighted by atomic mass is 9.70. The van der Waals surface area contributed by atoms with Crippen LogP contribution in [0.2, 0.25) is 0 Å². The second-order valence-electron chi connectivity index (χ2n) is 8.16. The van der Waals surface area contributed by atoms with Crippen LogP contribution in [0.25, 0.3) is 0 Å². The van der Waals surface area contributed by atoms with Crippen LogP contribution >= 0.6 is 0 Å². The minimum atomic E-state index is -0.484. The van der Waals surface area contributed by atoms with Crippen molar-refractivity contribution >= 4 is 11.7 Å². The number of hydrogen-bond donors (Lipinski definition) is 1. The van der Waals surface area contributed by atoms with Gasteiger partial charge in [0.05, 0.1) is 12.5 Å². The maximum atomic E-state index is 13.3. The summed E-state index contributed by atoms with van der Waals surface area (Å²) in [5, 5.41) is 9.14. The summed E-state index contributed by atoms with van der Waals surface area (Å²) in [6.07, 6.45) is 4.11. The largest absolute Gasteiger partial charge is 0.497 e. The summed E-state index contributed by atoms with van der Waals surface area (Å²) in [6.45, 7) is 1.03. The normalized spacial score (nSPS) is 20.8. The van der Waals surface area contributed by atoms with Gasteiger partial charge >= 0.3 is 0 Å². The lowest BCUT2D eigenvalue weighted by Gasteiger charge is -2.33. The van der Waals surface area contributed by atoms with E-state index < -0.39 is 6.61 Å². The van der Waals surface area contributed by atoms with E-state index in [9.17, 15) is 9.59 Å². The van der Waals surface area contributed by atoms with E-state index in [4.69, 9.17) is 9.84 Å². The number of carbonyl (C=O) groups is 2. The van der Waals surface area contributed by atoms with Crippen LogP contribution in [0.1, 0.15) is 39.9 Å². The molecule has 152 valence electrons. The molecule has 2 aromatic rings. The predicted octanol–water partition coefficient (Wildman–Crippen LogP) is 2.82. The highest BCUT2D eigenvalue weighted by Crippen LogP contribution is 2.44. The number of nitrogens with zero attached hydrogens (tertiary/aromatic N) is 1. The molecule has 4 rings (SSSR count). The highest BCUT2D eigenvalue weighted by molar-refractivity contribution is 5.97. The maximum Gasteiger partial charge on any atom is 0.229 e. The summed E-state index contributed by atoms with van der Waals surface area (Å²) >= 11 is 0. The summed E-state index contributed by atoms with van der Waals surface area (Å²) in [6, 6.07) is 13.6. The number of carbonyl (C=O) groups excluding carboxylic acids is 2. The number of amides is 1. The third-order valence-electron chi connectivity index (χ3n) is 6.50. The average Bonchev–Trinajstić information content (AvgIpc) is 3.06. The van der Waals surface area contributed by atoms with Crippen molar-refractivity contribution in [3.8, 4) is 5.75 Å². The zero-order chi connectivity index (χ0) is 20.4. The van der Waals surface area contributed by atoms with Gasteiger partial charge in [0.25, 0.3) is 0 Å². The van der Waals surface area contributed by atoms with E-state index in [-0.39, 0.29) is 17.1 Å². The van der Waals surface area contributed by atoms with Crippen molar-refractivity contribution in [1.29, 1.82) is 0 Å². The molecular weight excluding hydrogens is 366 g/mol. The smallest absolute Gasteiger partial charge is 0.229 e. The Labute approximate surface area is 171 Å². The van der Waals surface area contributed by atoms with E-state index in [2.05, 4.69) is 0 Å². The number of aliphatic hydroxyl groups excluding tert-OH is 1. The van der Waals surface area contributed by atoms with Gasteiger partial charge in [-0.1, -0.05) is 24.3 Å². The Morgan fingerprint density at radius 2 is 1.93 bits per heavy atom. The monoisotopic (exact) mass is 393 g/mol. The van der Waals surface area contributed by atoms with Crippen molar-refractivity contribution in [3.63, 3.8) is 0 Å². The number of hydrogen-bond acceptors (Lipinski definition) is 4. The lowest BCUT2D eigenvalue weighted by Crippen LogP contribution is -2.39. The molecule has 2 aromatic carbocycles. The lowest BCUT2D eigenvalue weighted by molar-refractivity contribution is -0.136. The van der Waals surface area contributed by atoms with Crippen molar-refractivity contribution in [2.45, 2.75) is 32.1 Å². The summed E-state index contributed by atoms with van der Waals surface area (Å²) in [5.41, 5.74) is 3.69. The Morgan fingerprint density at radius 3 is 2.66 bits per heavy atom. The molecule has 0 radical (unpaired) electrons. The summed E-state index contributed by atoms with van der Waals surface area (Å²) in [4.78, 5) is 27.1. The van der Waals surface area contributed by atoms with Crippen LogP contribution in [0.3, 0.4) is 0 Å². The Balaban J connectivity index is 1.44. The van der Waals surface area contributed by atoms with Gasteiger partial charge in [0, 0.05) is 18.7 Å². The maximum absolute atomic E-state index is 13.3. The first-order valence-corrected chi connectivity index (χ1v) is 10.2. The zero-order valence-electron chi connectivity index (χ0n) is 16.8. The molecule has 0 aromatic heterocycles. The molecule has 1 N–H and O–H groups in total. The van der Waals surface area contributed by atoms with E-state index >= 15 is 0 Å². The Bertz CT molecular complexity index is 921. The third kappa shape index (κ3) is 3.79. The highest BCUT2D eigenvalue weighted by atomic mass is 16.5. The molecule has 1 atom stereocenters. The number of benzene rings is 2.